The first-order valence-electron chi connectivity index (χ1n) is 11.5. The molecule has 1 fully saturated rings. The van der Waals surface area contributed by atoms with Crippen LogP contribution in [0.2, 0.25) is 0 Å². The molecule has 1 saturated carbocycles. The van der Waals surface area contributed by atoms with E-state index < -0.39 is 0 Å². The van der Waals surface area contributed by atoms with E-state index in [-0.39, 0.29) is 23.2 Å². The minimum absolute atomic E-state index is 0.137. The molecule has 1 N–H and O–H groups in total. The van der Waals surface area contributed by atoms with E-state index in [1.807, 2.05) is 6.08 Å². The first kappa shape index (κ1) is 23.3. The summed E-state index contributed by atoms with van der Waals surface area (Å²) in [5, 5.41) is 10.5. The molecule has 0 bridgehead atoms. The number of rotatable bonds is 12. The van der Waals surface area contributed by atoms with Crippen LogP contribution >= 0.6 is 0 Å². The number of ketones is 1. The van der Waals surface area contributed by atoms with Crippen molar-refractivity contribution in [2.75, 3.05) is 20.6 Å². The number of unbranched alkanes of at least 4 members (excludes halogenated alkanes) is 3. The Balaban J connectivity index is 1.84. The van der Waals surface area contributed by atoms with Crippen LogP contribution in [0.4, 0.5) is 0 Å². The van der Waals surface area contributed by atoms with Crippen LogP contribution in [0.1, 0.15) is 78.6 Å². The molecule has 0 unspecified atom stereocenters. The van der Waals surface area contributed by atoms with E-state index in [9.17, 15) is 9.90 Å². The summed E-state index contributed by atoms with van der Waals surface area (Å²) in [7, 11) is 4.27. The molecule has 160 valence electrons. The Morgan fingerprint density at radius 3 is 2.68 bits per heavy atom. The third kappa shape index (κ3) is 6.56. The van der Waals surface area contributed by atoms with Crippen molar-refractivity contribution in [3.63, 3.8) is 0 Å². The molecule has 28 heavy (non-hydrogen) atoms. The number of carbonyl (C=O) groups is 1. The predicted molar refractivity (Wildman–Crippen MR) is 118 cm³/mol. The van der Waals surface area contributed by atoms with Gasteiger partial charge in [-0.3, -0.25) is 4.79 Å². The summed E-state index contributed by atoms with van der Waals surface area (Å²) in [6.45, 7) is 7.44. The first-order valence-corrected chi connectivity index (χ1v) is 11.5. The Morgan fingerprint density at radius 2 is 2.00 bits per heavy atom. The van der Waals surface area contributed by atoms with Crippen LogP contribution in [-0.4, -0.2) is 42.5 Å². The fourth-order valence-corrected chi connectivity index (χ4v) is 4.91. The number of fused-ring (bicyclic) bond motifs is 1. The number of hydrogen-bond donors (Lipinski definition) is 1. The number of carbonyl (C=O) groups excluding carboxylic acids is 1. The number of allylic oxidation sites excluding steroid dienone is 3. The lowest BCUT2D eigenvalue weighted by Gasteiger charge is -2.22. The Labute approximate surface area is 173 Å². The predicted octanol–water partition coefficient (Wildman–Crippen LogP) is 5.39. The molecule has 0 radical (unpaired) electrons. The number of hydrogen-bond acceptors (Lipinski definition) is 3. The summed E-state index contributed by atoms with van der Waals surface area (Å²) >= 11 is 0. The zero-order chi connectivity index (χ0) is 20.7. The Kier molecular flexibility index (Phi) is 8.95. The minimum atomic E-state index is -0.296. The quantitative estimate of drug-likeness (QED) is 0.276. The molecule has 0 aromatic heterocycles. The molecule has 3 nitrogen and oxygen atoms in total. The summed E-state index contributed by atoms with van der Waals surface area (Å²) in [5.74, 6) is 1.35. The average molecular weight is 390 g/mol. The van der Waals surface area contributed by atoms with Gasteiger partial charge in [0.15, 0.2) is 5.78 Å². The summed E-state index contributed by atoms with van der Waals surface area (Å²) in [6, 6.07) is 0. The van der Waals surface area contributed by atoms with Gasteiger partial charge in [-0.1, -0.05) is 57.8 Å². The lowest BCUT2D eigenvalue weighted by Crippen LogP contribution is -2.23. The van der Waals surface area contributed by atoms with Gasteiger partial charge in [0.25, 0.3) is 0 Å². The van der Waals surface area contributed by atoms with Crippen molar-refractivity contribution in [3.8, 4) is 0 Å². The second-order valence-electron chi connectivity index (χ2n) is 10.1. The van der Waals surface area contributed by atoms with Crippen molar-refractivity contribution < 1.29 is 9.90 Å². The molecule has 2 aliphatic carbocycles. The van der Waals surface area contributed by atoms with Crippen LogP contribution in [0.25, 0.3) is 0 Å². The van der Waals surface area contributed by atoms with Gasteiger partial charge < -0.3 is 10.0 Å². The second kappa shape index (κ2) is 10.7. The van der Waals surface area contributed by atoms with Crippen molar-refractivity contribution in [3.05, 3.63) is 23.8 Å². The monoisotopic (exact) mass is 389 g/mol. The van der Waals surface area contributed by atoms with Gasteiger partial charge in [0.1, 0.15) is 0 Å². The normalized spacial score (nSPS) is 27.6. The van der Waals surface area contributed by atoms with Crippen molar-refractivity contribution in [2.24, 2.45) is 23.2 Å². The summed E-state index contributed by atoms with van der Waals surface area (Å²) < 4.78 is 0. The largest absolute Gasteiger partial charge is 0.392 e. The number of aliphatic hydroxyl groups is 1. The zero-order valence-electron chi connectivity index (χ0n) is 18.9. The second-order valence-corrected chi connectivity index (χ2v) is 10.1. The van der Waals surface area contributed by atoms with Crippen LogP contribution in [-0.2, 0) is 4.79 Å². The van der Waals surface area contributed by atoms with E-state index in [0.717, 1.165) is 32.1 Å². The van der Waals surface area contributed by atoms with Crippen LogP contribution in [0.5, 0.6) is 0 Å². The number of nitrogens with zero attached hydrogens (tertiary/aromatic N) is 1. The van der Waals surface area contributed by atoms with E-state index in [0.29, 0.717) is 11.8 Å². The van der Waals surface area contributed by atoms with E-state index in [1.54, 1.807) is 11.6 Å². The zero-order valence-corrected chi connectivity index (χ0v) is 18.9. The fraction of sp³-hybridized carbons (Fsp3) is 0.800. The maximum absolute atomic E-state index is 12.7. The third-order valence-electron chi connectivity index (χ3n) is 6.85. The van der Waals surface area contributed by atoms with Crippen LogP contribution < -0.4 is 0 Å². The van der Waals surface area contributed by atoms with Gasteiger partial charge in [-0.25, -0.2) is 0 Å². The summed E-state index contributed by atoms with van der Waals surface area (Å²) in [6.07, 6.45) is 16.1. The highest BCUT2D eigenvalue weighted by Gasteiger charge is 2.43. The maximum Gasteiger partial charge on any atom is 0.160 e. The summed E-state index contributed by atoms with van der Waals surface area (Å²) in [4.78, 5) is 14.9. The highest BCUT2D eigenvalue weighted by atomic mass is 16.3. The smallest absolute Gasteiger partial charge is 0.160 e. The van der Waals surface area contributed by atoms with E-state index in [1.165, 1.54) is 32.2 Å². The molecule has 0 aromatic rings. The lowest BCUT2D eigenvalue weighted by atomic mass is 9.81. The Morgan fingerprint density at radius 1 is 1.25 bits per heavy atom. The van der Waals surface area contributed by atoms with Gasteiger partial charge in [0.2, 0.25) is 0 Å². The van der Waals surface area contributed by atoms with Gasteiger partial charge in [-0.05, 0) is 77.1 Å². The van der Waals surface area contributed by atoms with Gasteiger partial charge >= 0.3 is 0 Å². The highest BCUT2D eigenvalue weighted by molar-refractivity contribution is 5.94. The van der Waals surface area contributed by atoms with Crippen molar-refractivity contribution in [2.45, 2.75) is 84.7 Å². The Bertz CT molecular complexity index is 561. The van der Waals surface area contributed by atoms with Crippen LogP contribution in [0.15, 0.2) is 23.8 Å². The molecule has 2 aliphatic rings. The Hall–Kier alpha value is -0.930. The molecular weight excluding hydrogens is 346 g/mol. The molecule has 0 aliphatic heterocycles. The first-order chi connectivity index (χ1) is 13.2. The molecular formula is C25H43NO2. The van der Waals surface area contributed by atoms with Gasteiger partial charge in [-0.2, -0.15) is 0 Å². The molecule has 0 heterocycles. The van der Waals surface area contributed by atoms with Crippen molar-refractivity contribution >= 4 is 5.78 Å². The molecule has 0 amide bonds. The van der Waals surface area contributed by atoms with E-state index >= 15 is 0 Å². The molecule has 3 heteroatoms. The van der Waals surface area contributed by atoms with Gasteiger partial charge in [0.05, 0.1) is 6.10 Å². The van der Waals surface area contributed by atoms with Crippen LogP contribution in [0, 0.1) is 23.2 Å². The maximum atomic E-state index is 12.7. The average Bonchev–Trinajstić information content (AvgIpc) is 3.13. The van der Waals surface area contributed by atoms with Crippen molar-refractivity contribution in [1.29, 1.82) is 0 Å². The molecule has 2 rings (SSSR count). The van der Waals surface area contributed by atoms with Gasteiger partial charge in [-0.15, -0.1) is 0 Å². The van der Waals surface area contributed by atoms with Crippen LogP contribution in [0.3, 0.4) is 0 Å². The molecule has 0 saturated heterocycles. The molecule has 0 aromatic carbocycles. The third-order valence-corrected chi connectivity index (χ3v) is 6.85. The van der Waals surface area contributed by atoms with Gasteiger partial charge in [0, 0.05) is 11.3 Å². The fourth-order valence-electron chi connectivity index (χ4n) is 4.91. The number of aliphatic hydroxyl groups excluding tert-OH is 1. The highest BCUT2D eigenvalue weighted by Crippen LogP contribution is 2.48. The van der Waals surface area contributed by atoms with E-state index in [2.05, 4.69) is 45.8 Å². The minimum Gasteiger partial charge on any atom is -0.392 e. The van der Waals surface area contributed by atoms with Crippen molar-refractivity contribution in [1.82, 2.24) is 4.90 Å². The lowest BCUT2D eigenvalue weighted by molar-refractivity contribution is -0.122. The SMILES string of the molecule is CCCCC(C)(C)C(=O)/C=C/[C@@H]1[C@H]2CC(CCCCCN(C)C)=C[C@H]2C[C@H]1O. The van der Waals surface area contributed by atoms with E-state index in [4.69, 9.17) is 0 Å². The standard InChI is InChI=1S/C25H43NO2/c1-6-7-14-25(2,3)24(28)13-12-21-22-17-19(16-20(22)18-23(21)27)11-9-8-10-15-26(4)5/h12-13,16,20-23,27H,6-11,14-15,17-18H2,1-5H3/b13-12+/t20-,21+,22-,23+/m0/s1. The molecule has 4 atom stereocenters. The molecule has 0 spiro atoms. The topological polar surface area (TPSA) is 40.5 Å². The summed E-state index contributed by atoms with van der Waals surface area (Å²) in [5.41, 5.74) is 1.29.